The summed E-state index contributed by atoms with van der Waals surface area (Å²) in [6, 6.07) is 8.42. The van der Waals surface area contributed by atoms with Crippen LogP contribution in [0.3, 0.4) is 0 Å². The second-order valence-electron chi connectivity index (χ2n) is 5.30. The van der Waals surface area contributed by atoms with Gasteiger partial charge in [0.05, 0.1) is 0 Å². The van der Waals surface area contributed by atoms with Crippen LogP contribution in [0.2, 0.25) is 12.4 Å². The van der Waals surface area contributed by atoms with E-state index in [1.807, 2.05) is 12.1 Å². The van der Waals surface area contributed by atoms with Gasteiger partial charge in [0.25, 0.3) is 0 Å². The number of hydrogen-bond acceptors (Lipinski definition) is 0. The first-order valence-electron chi connectivity index (χ1n) is 5.46. The fourth-order valence-corrected chi connectivity index (χ4v) is 13.9. The molecule has 1 radical (unpaired) electrons. The summed E-state index contributed by atoms with van der Waals surface area (Å²) in [5.74, 6) is 0. The molecule has 0 nitrogen and oxygen atoms in total. The van der Waals surface area contributed by atoms with Gasteiger partial charge in [-0.2, -0.15) is 0 Å². The van der Waals surface area contributed by atoms with Crippen molar-refractivity contribution in [3.05, 3.63) is 29.3 Å². The van der Waals surface area contributed by atoms with Crippen molar-refractivity contribution in [3.63, 3.8) is 0 Å². The van der Waals surface area contributed by atoms with Gasteiger partial charge < -0.3 is 0 Å². The third-order valence-electron chi connectivity index (χ3n) is 2.55. The Morgan fingerprint density at radius 3 is 2.07 bits per heavy atom. The van der Waals surface area contributed by atoms with E-state index in [1.165, 1.54) is 3.58 Å². The van der Waals surface area contributed by atoms with Crippen LogP contribution in [-0.2, 0) is 0 Å². The topological polar surface area (TPSA) is 0 Å². The number of hydrogen-bond donors (Lipinski definition) is 0. The number of rotatable bonds is 2. The van der Waals surface area contributed by atoms with Crippen molar-refractivity contribution in [2.24, 2.45) is 0 Å². The summed E-state index contributed by atoms with van der Waals surface area (Å²) in [6.07, 6.45) is 0. The predicted octanol–water partition coefficient (Wildman–Crippen LogP) is 4.25. The molecule has 0 aromatic heterocycles. The molecule has 0 saturated heterocycles. The van der Waals surface area contributed by atoms with Crippen LogP contribution in [0.1, 0.15) is 34.6 Å². The van der Waals surface area contributed by atoms with E-state index >= 15 is 0 Å². The minimum atomic E-state index is -1.66. The summed E-state index contributed by atoms with van der Waals surface area (Å²) in [5, 5.41) is 0.982. The van der Waals surface area contributed by atoms with Gasteiger partial charge in [0.1, 0.15) is 0 Å². The molecular formula is C13H20ClSn. The Balaban J connectivity index is 3.17. The first kappa shape index (κ1) is 13.4. The standard InChI is InChI=1S/C6H4Cl.C4H9.C3H7.Sn/c7-6-4-2-1-3-5-6;1-4(2)3;1-3-2;/h1-4H;1-3H3;3H,1-2H3;. The molecule has 83 valence electrons. The Hall–Kier alpha value is 0.309. The van der Waals surface area contributed by atoms with E-state index in [0.29, 0.717) is 3.43 Å². The summed E-state index contributed by atoms with van der Waals surface area (Å²) >= 11 is 4.66. The zero-order valence-corrected chi connectivity index (χ0v) is 13.9. The molecule has 1 aromatic carbocycles. The van der Waals surface area contributed by atoms with Crippen molar-refractivity contribution in [2.45, 2.75) is 42.0 Å². The van der Waals surface area contributed by atoms with Crippen molar-refractivity contribution in [1.82, 2.24) is 0 Å². The van der Waals surface area contributed by atoms with Crippen molar-refractivity contribution in [2.75, 3.05) is 0 Å². The third-order valence-corrected chi connectivity index (χ3v) is 14.1. The SMILES string of the molecule is C[CH](C)[Sn]([c]1ccccc1Cl)[C](C)(C)C. The Morgan fingerprint density at radius 2 is 1.67 bits per heavy atom. The van der Waals surface area contributed by atoms with E-state index in [9.17, 15) is 0 Å². The van der Waals surface area contributed by atoms with Crippen LogP contribution in [-0.4, -0.2) is 19.8 Å². The second-order valence-corrected chi connectivity index (χ2v) is 17.2. The van der Waals surface area contributed by atoms with Crippen LogP contribution in [0.4, 0.5) is 0 Å². The first-order valence-corrected chi connectivity index (χ1v) is 10.3. The quantitative estimate of drug-likeness (QED) is 0.711. The predicted molar refractivity (Wildman–Crippen MR) is 71.7 cm³/mol. The zero-order valence-electron chi connectivity index (χ0n) is 10.3. The normalized spacial score (nSPS) is 12.5. The molecule has 0 N–H and O–H groups in total. The van der Waals surface area contributed by atoms with Gasteiger partial charge >= 0.3 is 106 Å². The van der Waals surface area contributed by atoms with Gasteiger partial charge in [-0.15, -0.1) is 0 Å². The van der Waals surface area contributed by atoms with Crippen molar-refractivity contribution in [3.8, 4) is 0 Å². The van der Waals surface area contributed by atoms with Crippen LogP contribution < -0.4 is 3.58 Å². The fraction of sp³-hybridized carbons (Fsp3) is 0.538. The Labute approximate surface area is 106 Å². The maximum absolute atomic E-state index is 6.32. The molecule has 0 bridgehead atoms. The van der Waals surface area contributed by atoms with Crippen molar-refractivity contribution < 1.29 is 0 Å². The van der Waals surface area contributed by atoms with Crippen molar-refractivity contribution in [1.29, 1.82) is 0 Å². The molecule has 2 heteroatoms. The van der Waals surface area contributed by atoms with Crippen LogP contribution in [0.15, 0.2) is 24.3 Å². The first-order chi connectivity index (χ1) is 6.84. The minimum absolute atomic E-state index is 0.446. The molecular weight excluding hydrogens is 310 g/mol. The van der Waals surface area contributed by atoms with Crippen molar-refractivity contribution >= 4 is 34.9 Å². The van der Waals surface area contributed by atoms with E-state index in [4.69, 9.17) is 11.6 Å². The molecule has 0 spiro atoms. The average molecular weight is 330 g/mol. The van der Waals surface area contributed by atoms with E-state index in [1.54, 1.807) is 0 Å². The molecule has 0 aliphatic rings. The summed E-state index contributed by atoms with van der Waals surface area (Å²) in [5.41, 5.74) is 0. The fourth-order valence-electron chi connectivity index (χ4n) is 2.26. The van der Waals surface area contributed by atoms with Crippen LogP contribution in [0.25, 0.3) is 0 Å². The molecule has 0 amide bonds. The summed E-state index contributed by atoms with van der Waals surface area (Å²) in [7, 11) is 0. The Kier molecular flexibility index (Phi) is 4.54. The second kappa shape index (κ2) is 5.09. The van der Waals surface area contributed by atoms with Gasteiger partial charge in [-0.1, -0.05) is 0 Å². The summed E-state index contributed by atoms with van der Waals surface area (Å²) < 4.78 is 2.72. The van der Waals surface area contributed by atoms with E-state index in [2.05, 4.69) is 46.8 Å². The molecule has 0 heterocycles. The Morgan fingerprint density at radius 1 is 1.13 bits per heavy atom. The maximum atomic E-state index is 6.32. The molecule has 0 fully saturated rings. The van der Waals surface area contributed by atoms with E-state index in [-0.39, 0.29) is 0 Å². The van der Waals surface area contributed by atoms with Gasteiger partial charge in [-0.25, -0.2) is 0 Å². The van der Waals surface area contributed by atoms with Gasteiger partial charge in [-0.3, -0.25) is 0 Å². The number of benzene rings is 1. The monoisotopic (exact) mass is 331 g/mol. The summed E-state index contributed by atoms with van der Waals surface area (Å²) in [6.45, 7) is 11.8. The molecule has 0 aliphatic carbocycles. The van der Waals surface area contributed by atoms with Gasteiger partial charge in [0.2, 0.25) is 0 Å². The molecule has 0 atom stereocenters. The molecule has 0 aliphatic heterocycles. The third kappa shape index (κ3) is 3.38. The van der Waals surface area contributed by atoms with Gasteiger partial charge in [0.15, 0.2) is 0 Å². The summed E-state index contributed by atoms with van der Waals surface area (Å²) in [4.78, 5) is 0. The van der Waals surface area contributed by atoms with Crippen LogP contribution in [0.5, 0.6) is 0 Å². The molecule has 15 heavy (non-hydrogen) atoms. The van der Waals surface area contributed by atoms with E-state index in [0.717, 1.165) is 8.96 Å². The van der Waals surface area contributed by atoms with Gasteiger partial charge in [0, 0.05) is 0 Å². The molecule has 0 saturated carbocycles. The average Bonchev–Trinajstić information content (AvgIpc) is 2.05. The van der Waals surface area contributed by atoms with Crippen LogP contribution in [0, 0.1) is 0 Å². The molecule has 0 unspecified atom stereocenters. The zero-order chi connectivity index (χ0) is 11.6. The molecule has 1 aromatic rings. The van der Waals surface area contributed by atoms with Gasteiger partial charge in [-0.05, 0) is 0 Å². The molecule has 1 rings (SSSR count). The Bertz CT molecular complexity index is 326. The van der Waals surface area contributed by atoms with E-state index < -0.39 is 19.8 Å². The van der Waals surface area contributed by atoms with Crippen LogP contribution >= 0.6 is 11.6 Å². The number of halogens is 1.